The van der Waals surface area contributed by atoms with Crippen molar-refractivity contribution in [2.45, 2.75) is 51.9 Å². The van der Waals surface area contributed by atoms with Crippen molar-refractivity contribution >= 4 is 41.1 Å². The molecule has 3 aromatic rings. The molecule has 1 aliphatic rings. The Bertz CT molecular complexity index is 1460. The molecule has 1 aliphatic heterocycles. The van der Waals surface area contributed by atoms with Crippen LogP contribution in [0.5, 0.6) is 0 Å². The second kappa shape index (κ2) is 11.5. The number of halogens is 3. The molecule has 212 valence electrons. The number of nitrogens with zero attached hydrogens (tertiary/aromatic N) is 3. The number of hydrogen-bond acceptors (Lipinski definition) is 6. The van der Waals surface area contributed by atoms with Gasteiger partial charge in [0, 0.05) is 24.3 Å². The summed E-state index contributed by atoms with van der Waals surface area (Å²) in [4.78, 5) is 43.1. The molecule has 0 unspecified atom stereocenters. The molecule has 3 N–H and O–H groups in total. The monoisotopic (exact) mass is 575 g/mol. The van der Waals surface area contributed by atoms with Crippen LogP contribution in [-0.4, -0.2) is 55.7 Å². The van der Waals surface area contributed by atoms with Gasteiger partial charge in [0.05, 0.1) is 18.0 Å². The highest BCUT2D eigenvalue weighted by atomic mass is 35.5. The number of rotatable bonds is 7. The molecule has 40 heavy (non-hydrogen) atoms. The van der Waals surface area contributed by atoms with E-state index in [2.05, 4.69) is 15.6 Å². The number of carboxylic acid groups (broad SMARTS) is 1. The Morgan fingerprint density at radius 3 is 2.55 bits per heavy atom. The van der Waals surface area contributed by atoms with Crippen LogP contribution in [0, 0.1) is 11.6 Å². The van der Waals surface area contributed by atoms with Crippen LogP contribution in [0.15, 0.2) is 42.5 Å². The number of hydrogen-bond donors (Lipinski definition) is 3. The molecule has 0 fully saturated rings. The number of ether oxygens (including phenoxy) is 1. The molecule has 1 atom stereocenters. The van der Waals surface area contributed by atoms with Gasteiger partial charge in [-0.15, -0.1) is 0 Å². The van der Waals surface area contributed by atoms with Crippen molar-refractivity contribution in [1.82, 2.24) is 19.8 Å². The summed E-state index contributed by atoms with van der Waals surface area (Å²) in [5.74, 6) is -2.14. The molecule has 13 heteroatoms. The summed E-state index contributed by atoms with van der Waals surface area (Å²) in [6.07, 6.45) is -1.56. The number of aromatic nitrogens is 2. The summed E-state index contributed by atoms with van der Waals surface area (Å²) in [5, 5.41) is 14.8. The highest BCUT2D eigenvalue weighted by molar-refractivity contribution is 6.30. The number of benzene rings is 2. The van der Waals surface area contributed by atoms with E-state index in [0.29, 0.717) is 28.6 Å². The molecule has 0 radical (unpaired) electrons. The zero-order valence-corrected chi connectivity index (χ0v) is 22.8. The first-order chi connectivity index (χ1) is 18.8. The maximum atomic E-state index is 14.1. The maximum absolute atomic E-state index is 14.1. The molecule has 0 spiro atoms. The third kappa shape index (κ3) is 6.87. The van der Waals surface area contributed by atoms with Crippen molar-refractivity contribution in [2.75, 3.05) is 11.9 Å². The first-order valence-electron chi connectivity index (χ1n) is 12.4. The predicted molar refractivity (Wildman–Crippen MR) is 143 cm³/mol. The Morgan fingerprint density at radius 1 is 1.15 bits per heavy atom. The van der Waals surface area contributed by atoms with Crippen LogP contribution in [0.4, 0.5) is 25.1 Å². The van der Waals surface area contributed by atoms with Gasteiger partial charge in [0.25, 0.3) is 0 Å². The van der Waals surface area contributed by atoms with E-state index in [4.69, 9.17) is 16.3 Å². The summed E-state index contributed by atoms with van der Waals surface area (Å²) in [7, 11) is 0. The average Bonchev–Trinajstić information content (AvgIpc) is 3.21. The number of imidazole rings is 1. The minimum atomic E-state index is -1.37. The summed E-state index contributed by atoms with van der Waals surface area (Å²) >= 11 is 5.82. The lowest BCUT2D eigenvalue weighted by atomic mass is 10.1. The summed E-state index contributed by atoms with van der Waals surface area (Å²) in [6.45, 7) is 5.29. The van der Waals surface area contributed by atoms with Gasteiger partial charge in [-0.2, -0.15) is 0 Å². The van der Waals surface area contributed by atoms with Gasteiger partial charge >= 0.3 is 12.1 Å². The first-order valence-corrected chi connectivity index (χ1v) is 12.8. The number of carbonyl (C=O) groups is 3. The number of amides is 2. The number of anilines is 2. The van der Waals surface area contributed by atoms with Crippen LogP contribution in [0.25, 0.3) is 11.3 Å². The van der Waals surface area contributed by atoms with Gasteiger partial charge in [-0.25, -0.2) is 18.6 Å². The van der Waals surface area contributed by atoms with E-state index in [1.807, 2.05) is 0 Å². The molecule has 0 saturated heterocycles. The highest BCUT2D eigenvalue weighted by Crippen LogP contribution is 2.34. The van der Waals surface area contributed by atoms with E-state index >= 15 is 0 Å². The van der Waals surface area contributed by atoms with E-state index in [1.54, 1.807) is 37.5 Å². The number of fused-ring (bicyclic) bond motifs is 1. The van der Waals surface area contributed by atoms with Crippen LogP contribution >= 0.6 is 11.6 Å². The molecular formula is C27H28ClF2N5O5. The lowest BCUT2D eigenvalue weighted by Crippen LogP contribution is -2.52. The van der Waals surface area contributed by atoms with Crippen molar-refractivity contribution < 1.29 is 33.0 Å². The standard InChI is InChI=1S/C27H28ClF2N5O5/c1-27(2,3)40-26(39)32-20(13-22(36)37)25(38)34-9-10-35-21(14-34)33-23(15-5-4-6-16(29)11-15)24(35)31-17-7-8-18(28)19(30)12-17/h4-8,11-12,20,31H,9-10,13-14H2,1-3H3,(H,32,39)(H,36,37)/t20-/m0/s1. The molecule has 0 saturated carbocycles. The first kappa shape index (κ1) is 28.8. The van der Waals surface area contributed by atoms with Crippen LogP contribution in [-0.2, 0) is 27.4 Å². The summed E-state index contributed by atoms with van der Waals surface area (Å²) in [5.41, 5.74) is 0.351. The third-order valence-electron chi connectivity index (χ3n) is 5.93. The molecule has 0 bridgehead atoms. The number of carbonyl (C=O) groups excluding carboxylic acids is 2. The molecule has 2 amide bonds. The lowest BCUT2D eigenvalue weighted by Gasteiger charge is -2.31. The molecule has 2 aromatic carbocycles. The Hall–Kier alpha value is -4.19. The van der Waals surface area contributed by atoms with Crippen LogP contribution in [0.3, 0.4) is 0 Å². The van der Waals surface area contributed by atoms with E-state index in [1.165, 1.54) is 35.2 Å². The van der Waals surface area contributed by atoms with Crippen LogP contribution in [0.1, 0.15) is 33.0 Å². The zero-order valence-electron chi connectivity index (χ0n) is 22.0. The Balaban J connectivity index is 1.64. The second-order valence-corrected chi connectivity index (χ2v) is 10.6. The molecule has 0 aliphatic carbocycles. The minimum Gasteiger partial charge on any atom is -0.481 e. The van der Waals surface area contributed by atoms with E-state index in [9.17, 15) is 28.3 Å². The fourth-order valence-corrected chi connectivity index (χ4v) is 4.36. The fourth-order valence-electron chi connectivity index (χ4n) is 4.24. The van der Waals surface area contributed by atoms with E-state index in [0.717, 1.165) is 0 Å². The van der Waals surface area contributed by atoms with E-state index in [-0.39, 0.29) is 24.7 Å². The molecule has 1 aromatic heterocycles. The lowest BCUT2D eigenvalue weighted by molar-refractivity contribution is -0.143. The molecule has 4 rings (SSSR count). The van der Waals surface area contributed by atoms with Crippen molar-refractivity contribution in [3.63, 3.8) is 0 Å². The van der Waals surface area contributed by atoms with Gasteiger partial charge in [-0.1, -0.05) is 23.7 Å². The molecule has 2 heterocycles. The van der Waals surface area contributed by atoms with Crippen molar-refractivity contribution in [3.8, 4) is 11.3 Å². The smallest absolute Gasteiger partial charge is 0.408 e. The predicted octanol–water partition coefficient (Wildman–Crippen LogP) is 4.94. The van der Waals surface area contributed by atoms with Gasteiger partial charge < -0.3 is 29.9 Å². The van der Waals surface area contributed by atoms with Crippen LogP contribution in [0.2, 0.25) is 5.02 Å². The highest BCUT2D eigenvalue weighted by Gasteiger charge is 2.33. The summed E-state index contributed by atoms with van der Waals surface area (Å²) < 4.78 is 35.2. The quantitative estimate of drug-likeness (QED) is 0.364. The number of aliphatic carboxylic acids is 1. The van der Waals surface area contributed by atoms with E-state index < -0.39 is 47.7 Å². The average molecular weight is 576 g/mol. The normalized spacial score (nSPS) is 13.8. The van der Waals surface area contributed by atoms with Gasteiger partial charge in [0.1, 0.15) is 40.6 Å². The summed E-state index contributed by atoms with van der Waals surface area (Å²) in [6, 6.07) is 8.62. The number of alkyl carbamates (subject to hydrolysis) is 1. The number of nitrogens with one attached hydrogen (secondary N) is 2. The molecule has 10 nitrogen and oxygen atoms in total. The molecular weight excluding hydrogens is 548 g/mol. The SMILES string of the molecule is CC(C)(C)OC(=O)N[C@@H](CC(=O)O)C(=O)N1CCn2c(nc(-c3cccc(F)c3)c2Nc2ccc(Cl)c(F)c2)C1. The third-order valence-corrected chi connectivity index (χ3v) is 6.24. The second-order valence-electron chi connectivity index (χ2n) is 10.2. The van der Waals surface area contributed by atoms with Gasteiger partial charge in [0.15, 0.2) is 0 Å². The van der Waals surface area contributed by atoms with Crippen molar-refractivity contribution in [1.29, 1.82) is 0 Å². The van der Waals surface area contributed by atoms with Crippen molar-refractivity contribution in [2.24, 2.45) is 0 Å². The fraction of sp³-hybridized carbons (Fsp3) is 0.333. The van der Waals surface area contributed by atoms with Gasteiger partial charge in [0.2, 0.25) is 5.91 Å². The topological polar surface area (TPSA) is 126 Å². The van der Waals surface area contributed by atoms with Gasteiger partial charge in [-0.3, -0.25) is 9.59 Å². The van der Waals surface area contributed by atoms with Gasteiger partial charge in [-0.05, 0) is 51.1 Å². The Kier molecular flexibility index (Phi) is 8.29. The van der Waals surface area contributed by atoms with Crippen molar-refractivity contribution in [3.05, 3.63) is 64.9 Å². The zero-order chi connectivity index (χ0) is 29.2. The Labute approximate surface area is 233 Å². The maximum Gasteiger partial charge on any atom is 0.408 e. The number of carboxylic acids is 1. The largest absolute Gasteiger partial charge is 0.481 e. The van der Waals surface area contributed by atoms with Crippen LogP contribution < -0.4 is 10.6 Å². The Morgan fingerprint density at radius 2 is 1.90 bits per heavy atom. The minimum absolute atomic E-state index is 0.0239.